The lowest BCUT2D eigenvalue weighted by Crippen LogP contribution is -2.25. The number of allylic oxidation sites excluding steroid dienone is 5. The fraction of sp³-hybridized carbons (Fsp3) is 0.345. The molecule has 0 unspecified atom stereocenters. The van der Waals surface area contributed by atoms with Crippen molar-refractivity contribution < 1.29 is 4.74 Å². The summed E-state index contributed by atoms with van der Waals surface area (Å²) in [7, 11) is 1.86. The summed E-state index contributed by atoms with van der Waals surface area (Å²) < 4.78 is 5.81. The summed E-state index contributed by atoms with van der Waals surface area (Å²) in [5, 5.41) is 2.69. The molecule has 2 aliphatic heterocycles. The van der Waals surface area contributed by atoms with Crippen LogP contribution in [0.5, 0.6) is 0 Å². The van der Waals surface area contributed by atoms with E-state index in [2.05, 4.69) is 67.3 Å². The third kappa shape index (κ3) is 3.47. The molecule has 0 amide bonds. The second kappa shape index (κ2) is 8.47. The van der Waals surface area contributed by atoms with E-state index in [-0.39, 0.29) is 0 Å². The first kappa shape index (κ1) is 20.7. The van der Waals surface area contributed by atoms with Crippen LogP contribution < -0.4 is 0 Å². The number of benzene rings is 2. The molecule has 0 spiro atoms. The molecule has 0 bridgehead atoms. The van der Waals surface area contributed by atoms with Crippen molar-refractivity contribution in [3.63, 3.8) is 0 Å². The van der Waals surface area contributed by atoms with Crippen molar-refractivity contribution >= 4 is 39.9 Å². The van der Waals surface area contributed by atoms with Crippen molar-refractivity contribution in [1.29, 1.82) is 0 Å². The Hall–Kier alpha value is -1.90. The zero-order valence-corrected chi connectivity index (χ0v) is 20.3. The minimum atomic E-state index is 0.305. The van der Waals surface area contributed by atoms with E-state index in [0.717, 1.165) is 31.4 Å². The molecule has 0 saturated carbocycles. The van der Waals surface area contributed by atoms with Crippen molar-refractivity contribution in [3.8, 4) is 0 Å². The van der Waals surface area contributed by atoms with Gasteiger partial charge in [0.1, 0.15) is 0 Å². The van der Waals surface area contributed by atoms with E-state index >= 15 is 0 Å². The number of methoxy groups -OCH3 is 1. The lowest BCUT2D eigenvalue weighted by molar-refractivity contribution is 0.0866. The van der Waals surface area contributed by atoms with Crippen molar-refractivity contribution in [2.24, 2.45) is 11.8 Å². The molecule has 0 aromatic heterocycles. The molecule has 0 fully saturated rings. The van der Waals surface area contributed by atoms with Gasteiger partial charge in [-0.3, -0.25) is 0 Å². The van der Waals surface area contributed by atoms with Gasteiger partial charge in [0, 0.05) is 45.3 Å². The molecule has 0 radical (unpaired) electrons. The molecular formula is C29H28OS2. The van der Waals surface area contributed by atoms with E-state index in [0.29, 0.717) is 17.9 Å². The average molecular weight is 457 g/mol. The maximum Gasteiger partial charge on any atom is 0.0615 e. The molecular weight excluding hydrogens is 428 g/mol. The van der Waals surface area contributed by atoms with E-state index in [1.54, 1.807) is 0 Å². The van der Waals surface area contributed by atoms with Gasteiger partial charge in [-0.25, -0.2) is 0 Å². The molecule has 2 aliphatic carbocycles. The molecule has 162 valence electrons. The molecule has 2 heterocycles. The lowest BCUT2D eigenvalue weighted by Gasteiger charge is -2.36. The third-order valence-electron chi connectivity index (χ3n) is 7.20. The molecule has 32 heavy (non-hydrogen) atoms. The maximum atomic E-state index is 5.81. The largest absolute Gasteiger partial charge is 0.381 e. The maximum absolute atomic E-state index is 5.81. The van der Waals surface area contributed by atoms with E-state index in [4.69, 9.17) is 4.74 Å². The molecule has 1 nitrogen and oxygen atoms in total. The highest BCUT2D eigenvalue weighted by molar-refractivity contribution is 8.07. The summed E-state index contributed by atoms with van der Waals surface area (Å²) in [5.41, 5.74) is 9.89. The Bertz CT molecular complexity index is 1260. The first-order chi connectivity index (χ1) is 15.7. The number of hydrogen-bond donors (Lipinski definition) is 0. The Morgan fingerprint density at radius 2 is 2.00 bits per heavy atom. The van der Waals surface area contributed by atoms with Crippen LogP contribution in [0.3, 0.4) is 0 Å². The Morgan fingerprint density at radius 3 is 2.91 bits per heavy atom. The molecule has 6 rings (SSSR count). The second-order valence-corrected chi connectivity index (χ2v) is 11.4. The summed E-state index contributed by atoms with van der Waals surface area (Å²) in [6.45, 7) is 2.38. The highest BCUT2D eigenvalue weighted by atomic mass is 32.2. The Balaban J connectivity index is 1.64. The van der Waals surface area contributed by atoms with Gasteiger partial charge in [-0.15, -0.1) is 17.5 Å². The van der Waals surface area contributed by atoms with E-state index in [1.165, 1.54) is 47.8 Å². The lowest BCUT2D eigenvalue weighted by atomic mass is 9.79. The standard InChI is InChI=1S/C29H28OS2/c1-18-17-31-28-13-11-19-7-3-4-8-21(19)29(28)23(18)16-24-22-9-5-6-10-26(22)32-27-14-12-20(30-2)15-25(24)27/h3-4,6-8,10-11,13-14,18,20,25H,5,9,12,15,17H2,1-2H3/t16?,18-,20-,25+/m0/s1. The van der Waals surface area contributed by atoms with Crippen LogP contribution in [0.15, 0.2) is 86.2 Å². The Kier molecular flexibility index (Phi) is 5.47. The number of rotatable bonds is 1. The van der Waals surface area contributed by atoms with Crippen LogP contribution in [0.2, 0.25) is 0 Å². The minimum absolute atomic E-state index is 0.305. The monoisotopic (exact) mass is 456 g/mol. The van der Waals surface area contributed by atoms with E-state index in [9.17, 15) is 0 Å². The van der Waals surface area contributed by atoms with Crippen LogP contribution in [0.25, 0.3) is 16.3 Å². The Morgan fingerprint density at radius 1 is 1.09 bits per heavy atom. The van der Waals surface area contributed by atoms with Gasteiger partial charge in [-0.05, 0) is 58.9 Å². The van der Waals surface area contributed by atoms with Crippen molar-refractivity contribution in [2.45, 2.75) is 43.6 Å². The van der Waals surface area contributed by atoms with Gasteiger partial charge in [0.2, 0.25) is 0 Å². The van der Waals surface area contributed by atoms with Crippen molar-refractivity contribution in [3.05, 3.63) is 86.9 Å². The predicted octanol–water partition coefficient (Wildman–Crippen LogP) is 8.15. The summed E-state index contributed by atoms with van der Waals surface area (Å²) >= 11 is 3.99. The van der Waals surface area contributed by atoms with Crippen molar-refractivity contribution in [2.75, 3.05) is 12.9 Å². The molecule has 3 heteroatoms. The van der Waals surface area contributed by atoms with Gasteiger partial charge in [-0.1, -0.05) is 67.2 Å². The van der Waals surface area contributed by atoms with E-state index < -0.39 is 0 Å². The number of thioether (sulfide) groups is 2. The first-order valence-corrected chi connectivity index (χ1v) is 13.5. The average Bonchev–Trinajstić information content (AvgIpc) is 2.84. The molecule has 3 atom stereocenters. The molecule has 4 aliphatic rings. The van der Waals surface area contributed by atoms with Crippen LogP contribution in [-0.4, -0.2) is 19.0 Å². The summed E-state index contributed by atoms with van der Waals surface area (Å²) in [6, 6.07) is 13.4. The number of hydrogen-bond acceptors (Lipinski definition) is 3. The van der Waals surface area contributed by atoms with Crippen LogP contribution >= 0.6 is 23.5 Å². The molecule has 0 N–H and O–H groups in total. The smallest absolute Gasteiger partial charge is 0.0615 e. The quantitative estimate of drug-likeness (QED) is 0.401. The Labute approximate surface area is 199 Å². The fourth-order valence-corrected chi connectivity index (χ4v) is 7.87. The zero-order chi connectivity index (χ0) is 21.7. The van der Waals surface area contributed by atoms with E-state index in [1.807, 2.05) is 30.6 Å². The van der Waals surface area contributed by atoms with Gasteiger partial charge < -0.3 is 4.74 Å². The predicted molar refractivity (Wildman–Crippen MR) is 139 cm³/mol. The summed E-state index contributed by atoms with van der Waals surface area (Å²) in [4.78, 5) is 4.35. The SMILES string of the molecule is CO[C@H]1CC=C2SC3=C(CCC=C3)C(=C=C3c4c(ccc5ccccc45)SC[C@@H]3C)[C@H]2C1. The topological polar surface area (TPSA) is 9.23 Å². The molecule has 2 aromatic rings. The third-order valence-corrected chi connectivity index (χ3v) is 9.80. The highest BCUT2D eigenvalue weighted by Crippen LogP contribution is 2.53. The van der Waals surface area contributed by atoms with Gasteiger partial charge >= 0.3 is 0 Å². The number of ether oxygens (including phenoxy) is 1. The van der Waals surface area contributed by atoms with Crippen LogP contribution in [-0.2, 0) is 4.74 Å². The molecule has 2 aromatic carbocycles. The van der Waals surface area contributed by atoms with Crippen LogP contribution in [0, 0.1) is 11.8 Å². The van der Waals surface area contributed by atoms with Gasteiger partial charge in [0.05, 0.1) is 6.10 Å². The van der Waals surface area contributed by atoms with Crippen molar-refractivity contribution in [1.82, 2.24) is 0 Å². The van der Waals surface area contributed by atoms with Crippen LogP contribution in [0.1, 0.15) is 38.2 Å². The normalized spacial score (nSPS) is 26.9. The minimum Gasteiger partial charge on any atom is -0.381 e. The fourth-order valence-electron chi connectivity index (χ4n) is 5.46. The summed E-state index contributed by atoms with van der Waals surface area (Å²) in [5.74, 6) is 2.02. The zero-order valence-electron chi connectivity index (χ0n) is 18.7. The summed E-state index contributed by atoms with van der Waals surface area (Å²) in [6.07, 6.45) is 11.8. The van der Waals surface area contributed by atoms with Gasteiger partial charge in [0.15, 0.2) is 0 Å². The number of fused-ring (bicyclic) bond motifs is 4. The molecule has 0 saturated heterocycles. The van der Waals surface area contributed by atoms with Crippen LogP contribution in [0.4, 0.5) is 0 Å². The van der Waals surface area contributed by atoms with Gasteiger partial charge in [-0.2, -0.15) is 0 Å². The highest BCUT2D eigenvalue weighted by Gasteiger charge is 2.35. The second-order valence-electron chi connectivity index (χ2n) is 9.20. The van der Waals surface area contributed by atoms with Gasteiger partial charge in [0.25, 0.3) is 0 Å². The first-order valence-electron chi connectivity index (χ1n) is 11.7.